The second-order valence-electron chi connectivity index (χ2n) is 12.0. The third-order valence-electron chi connectivity index (χ3n) is 6.09. The number of esters is 1. The fraction of sp³-hybridized carbons (Fsp3) is 0.400. The number of benzene rings is 2. The maximum atomic E-state index is 14.3. The van der Waals surface area contributed by atoms with E-state index in [-0.39, 0.29) is 40.4 Å². The number of carboxylic acids is 1. The van der Waals surface area contributed by atoms with Crippen molar-refractivity contribution in [1.29, 1.82) is 0 Å². The van der Waals surface area contributed by atoms with Gasteiger partial charge in [0.15, 0.2) is 11.8 Å². The molecule has 43 heavy (non-hydrogen) atoms. The number of aromatic nitrogens is 2. The molecule has 0 spiro atoms. The standard InChI is InChI=1S/C30H32F3N3O7/c1-28(2,3)42-26(39)17-10-12-20(13-11-17)41-22-16-35(27(40)43-29(4,5)6)15-21-23(22)36(34-24(21)30(31,32)33)19-9-7-8-18(14-19)25(37)38/h7-14,22H,15-16H2,1-6H3,(H,37,38). The van der Waals surface area contributed by atoms with Crippen molar-refractivity contribution in [2.45, 2.75) is 71.6 Å². The molecule has 3 aromatic rings. The Labute approximate surface area is 245 Å². The van der Waals surface area contributed by atoms with Crippen LogP contribution in [0.1, 0.15) is 85.3 Å². The second-order valence-corrected chi connectivity index (χ2v) is 12.0. The molecule has 230 valence electrons. The number of fused-ring (bicyclic) bond motifs is 1. The SMILES string of the molecule is CC(C)(C)OC(=O)c1ccc(OC2CN(C(=O)OC(C)(C)C)Cc3c(C(F)(F)F)nn(-c4cccc(C(=O)O)c4)c32)cc1. The maximum absolute atomic E-state index is 14.3. The molecule has 1 amide bonds. The monoisotopic (exact) mass is 603 g/mol. The molecule has 1 aromatic heterocycles. The van der Waals surface area contributed by atoms with Gasteiger partial charge in [-0.15, -0.1) is 0 Å². The van der Waals surface area contributed by atoms with Crippen molar-refractivity contribution in [2.75, 3.05) is 6.54 Å². The maximum Gasteiger partial charge on any atom is 0.435 e. The van der Waals surface area contributed by atoms with Crippen molar-refractivity contribution >= 4 is 18.0 Å². The summed E-state index contributed by atoms with van der Waals surface area (Å²) in [4.78, 5) is 38.2. The van der Waals surface area contributed by atoms with E-state index in [2.05, 4.69) is 5.10 Å². The Morgan fingerprint density at radius 3 is 2.09 bits per heavy atom. The third-order valence-corrected chi connectivity index (χ3v) is 6.09. The smallest absolute Gasteiger partial charge is 0.435 e. The van der Waals surface area contributed by atoms with Gasteiger partial charge < -0.3 is 19.3 Å². The third kappa shape index (κ3) is 7.46. The van der Waals surface area contributed by atoms with Crippen LogP contribution >= 0.6 is 0 Å². The van der Waals surface area contributed by atoms with Crippen LogP contribution in [0.4, 0.5) is 18.0 Å². The predicted molar refractivity (Wildman–Crippen MR) is 147 cm³/mol. The molecule has 2 aromatic carbocycles. The summed E-state index contributed by atoms with van der Waals surface area (Å²) in [6.07, 6.45) is -6.95. The molecule has 2 heterocycles. The highest BCUT2D eigenvalue weighted by Gasteiger charge is 2.45. The van der Waals surface area contributed by atoms with E-state index >= 15 is 0 Å². The Kier molecular flexibility index (Phi) is 8.23. The number of alkyl halides is 3. The summed E-state index contributed by atoms with van der Waals surface area (Å²) in [5, 5.41) is 13.3. The molecule has 0 saturated carbocycles. The lowest BCUT2D eigenvalue weighted by molar-refractivity contribution is -0.142. The van der Waals surface area contributed by atoms with Gasteiger partial charge in [0.25, 0.3) is 0 Å². The molecule has 1 aliphatic rings. The van der Waals surface area contributed by atoms with Crippen LogP contribution in [0.25, 0.3) is 5.69 Å². The highest BCUT2D eigenvalue weighted by Crippen LogP contribution is 2.41. The van der Waals surface area contributed by atoms with Gasteiger partial charge in [0.1, 0.15) is 17.0 Å². The Morgan fingerprint density at radius 2 is 1.53 bits per heavy atom. The Hall–Kier alpha value is -4.55. The first-order chi connectivity index (χ1) is 19.8. The van der Waals surface area contributed by atoms with E-state index in [4.69, 9.17) is 14.2 Å². The fourth-order valence-corrected chi connectivity index (χ4v) is 4.42. The van der Waals surface area contributed by atoms with Crippen molar-refractivity contribution in [2.24, 2.45) is 0 Å². The van der Waals surface area contributed by atoms with E-state index in [1.54, 1.807) is 41.5 Å². The van der Waals surface area contributed by atoms with Crippen LogP contribution in [0.5, 0.6) is 5.75 Å². The van der Waals surface area contributed by atoms with Crippen molar-refractivity contribution < 1.29 is 46.9 Å². The summed E-state index contributed by atoms with van der Waals surface area (Å²) in [6, 6.07) is 11.1. The molecular weight excluding hydrogens is 571 g/mol. The summed E-state index contributed by atoms with van der Waals surface area (Å²) < 4.78 is 60.9. The average Bonchev–Trinajstić information content (AvgIpc) is 3.28. The van der Waals surface area contributed by atoms with Gasteiger partial charge in [0.05, 0.1) is 35.6 Å². The Morgan fingerprint density at radius 1 is 0.907 bits per heavy atom. The topological polar surface area (TPSA) is 120 Å². The molecule has 0 aliphatic carbocycles. The van der Waals surface area contributed by atoms with Gasteiger partial charge in [0.2, 0.25) is 0 Å². The molecule has 0 radical (unpaired) electrons. The number of carbonyl (C=O) groups is 3. The molecule has 0 fully saturated rings. The van der Waals surface area contributed by atoms with Crippen molar-refractivity contribution in [3.63, 3.8) is 0 Å². The van der Waals surface area contributed by atoms with Gasteiger partial charge >= 0.3 is 24.2 Å². The second kappa shape index (κ2) is 11.3. The van der Waals surface area contributed by atoms with Crippen LogP contribution < -0.4 is 4.74 Å². The first kappa shape index (κ1) is 31.4. The number of hydrogen-bond donors (Lipinski definition) is 1. The quantitative estimate of drug-likeness (QED) is 0.332. The van der Waals surface area contributed by atoms with Crippen LogP contribution in [0.3, 0.4) is 0 Å². The number of carboxylic acid groups (broad SMARTS) is 1. The zero-order chi connectivity index (χ0) is 31.9. The van der Waals surface area contributed by atoms with E-state index in [1.165, 1.54) is 48.5 Å². The number of hydrogen-bond acceptors (Lipinski definition) is 7. The van der Waals surface area contributed by atoms with E-state index < -0.39 is 53.8 Å². The Balaban J connectivity index is 1.81. The van der Waals surface area contributed by atoms with Gasteiger partial charge in [-0.25, -0.2) is 19.1 Å². The van der Waals surface area contributed by atoms with Crippen LogP contribution in [-0.2, 0) is 22.2 Å². The number of aromatic carboxylic acids is 1. The highest BCUT2D eigenvalue weighted by atomic mass is 19.4. The van der Waals surface area contributed by atoms with Crippen LogP contribution in [0.2, 0.25) is 0 Å². The predicted octanol–water partition coefficient (Wildman–Crippen LogP) is 6.42. The first-order valence-electron chi connectivity index (χ1n) is 13.3. The lowest BCUT2D eigenvalue weighted by atomic mass is 10.0. The van der Waals surface area contributed by atoms with E-state index in [9.17, 15) is 32.7 Å². The lowest BCUT2D eigenvalue weighted by Crippen LogP contribution is -2.43. The number of halogens is 3. The Bertz CT molecular complexity index is 1530. The summed E-state index contributed by atoms with van der Waals surface area (Å²) >= 11 is 0. The zero-order valence-electron chi connectivity index (χ0n) is 24.5. The lowest BCUT2D eigenvalue weighted by Gasteiger charge is -2.35. The summed E-state index contributed by atoms with van der Waals surface area (Å²) in [6.45, 7) is 9.39. The molecular formula is C30H32F3N3O7. The van der Waals surface area contributed by atoms with E-state index in [1.807, 2.05) is 0 Å². The minimum atomic E-state index is -4.91. The van der Waals surface area contributed by atoms with Gasteiger partial charge in [-0.1, -0.05) is 6.07 Å². The molecule has 0 saturated heterocycles. The highest BCUT2D eigenvalue weighted by molar-refractivity contribution is 5.90. The van der Waals surface area contributed by atoms with Crippen LogP contribution in [0.15, 0.2) is 48.5 Å². The number of rotatable bonds is 5. The molecule has 1 unspecified atom stereocenters. The largest absolute Gasteiger partial charge is 0.482 e. The van der Waals surface area contributed by atoms with Crippen LogP contribution in [-0.4, -0.2) is 55.6 Å². The van der Waals surface area contributed by atoms with E-state index in [0.717, 1.165) is 9.58 Å². The number of amides is 1. The zero-order valence-corrected chi connectivity index (χ0v) is 24.5. The fourth-order valence-electron chi connectivity index (χ4n) is 4.42. The van der Waals surface area contributed by atoms with Gasteiger partial charge in [-0.3, -0.25) is 4.90 Å². The molecule has 10 nitrogen and oxygen atoms in total. The molecule has 13 heteroatoms. The van der Waals surface area contributed by atoms with Gasteiger partial charge in [-0.2, -0.15) is 18.3 Å². The number of carbonyl (C=O) groups excluding carboxylic acids is 2. The number of nitrogens with zero attached hydrogens (tertiary/aromatic N) is 3. The van der Waals surface area contributed by atoms with Gasteiger partial charge in [-0.05, 0) is 84.0 Å². The number of ether oxygens (including phenoxy) is 3. The first-order valence-corrected chi connectivity index (χ1v) is 13.3. The molecule has 1 aliphatic heterocycles. The van der Waals surface area contributed by atoms with Crippen molar-refractivity contribution in [3.8, 4) is 11.4 Å². The molecule has 1 N–H and O–H groups in total. The molecule has 4 rings (SSSR count). The normalized spacial score (nSPS) is 15.5. The summed E-state index contributed by atoms with van der Waals surface area (Å²) in [5.41, 5.74) is -3.07. The van der Waals surface area contributed by atoms with Gasteiger partial charge in [0, 0.05) is 5.56 Å². The van der Waals surface area contributed by atoms with Crippen molar-refractivity contribution in [3.05, 3.63) is 76.6 Å². The minimum absolute atomic E-state index is 0.00843. The minimum Gasteiger partial charge on any atom is -0.482 e. The average molecular weight is 604 g/mol. The van der Waals surface area contributed by atoms with Crippen LogP contribution in [0, 0.1) is 0 Å². The molecule has 0 bridgehead atoms. The molecule has 1 atom stereocenters. The van der Waals surface area contributed by atoms with Crippen molar-refractivity contribution in [1.82, 2.24) is 14.7 Å². The summed E-state index contributed by atoms with van der Waals surface area (Å²) in [5.74, 6) is -1.65. The van der Waals surface area contributed by atoms with E-state index in [0.29, 0.717) is 0 Å². The summed E-state index contributed by atoms with van der Waals surface area (Å²) in [7, 11) is 0.